The van der Waals surface area contributed by atoms with Crippen molar-refractivity contribution in [3.63, 3.8) is 0 Å². The van der Waals surface area contributed by atoms with Gasteiger partial charge in [-0.1, -0.05) is 0 Å². The Morgan fingerprint density at radius 3 is 2.67 bits per heavy atom. The predicted octanol–water partition coefficient (Wildman–Crippen LogP) is 1.96. The normalized spacial score (nSPS) is 19.6. The zero-order valence-corrected chi connectivity index (χ0v) is 5.84. The molecule has 5 heteroatoms. The highest BCUT2D eigenvalue weighted by atomic mass is 32.2. The molecule has 0 aromatic heterocycles. The Hall–Kier alpha value is -0.380. The highest BCUT2D eigenvalue weighted by Crippen LogP contribution is 2.18. The molecule has 0 spiro atoms. The van der Waals surface area contributed by atoms with Crippen LogP contribution in [0.2, 0.25) is 0 Å². The quantitative estimate of drug-likeness (QED) is 0.257. The summed E-state index contributed by atoms with van der Waals surface area (Å²) in [5, 5.41) is 0. The minimum atomic E-state index is 1.06. The molecule has 1 heterocycles. The fraction of sp³-hybridized carbons (Fsp3) is 1.00. The third-order valence-electron chi connectivity index (χ3n) is 1.25. The van der Waals surface area contributed by atoms with Crippen molar-refractivity contribution < 1.29 is 0 Å². The molecule has 0 radical (unpaired) electrons. The van der Waals surface area contributed by atoms with Crippen molar-refractivity contribution in [2.24, 2.45) is 4.52 Å². The number of azide groups is 1. The highest BCUT2D eigenvalue weighted by Gasteiger charge is 2.09. The molecule has 1 saturated heterocycles. The van der Waals surface area contributed by atoms with Gasteiger partial charge < -0.3 is 0 Å². The average molecular weight is 144 g/mol. The highest BCUT2D eigenvalue weighted by molar-refractivity contribution is 7.95. The number of rotatable bonds is 2. The largest absolute Gasteiger partial charge is 0.244 e. The van der Waals surface area contributed by atoms with Crippen molar-refractivity contribution in [3.05, 3.63) is 10.4 Å². The van der Waals surface area contributed by atoms with Gasteiger partial charge in [-0.05, 0) is 22.9 Å². The van der Waals surface area contributed by atoms with E-state index in [0.29, 0.717) is 0 Å². The molecule has 0 aliphatic carbocycles. The summed E-state index contributed by atoms with van der Waals surface area (Å²) in [6.07, 6.45) is 2.46. The van der Waals surface area contributed by atoms with E-state index >= 15 is 0 Å². The van der Waals surface area contributed by atoms with Crippen molar-refractivity contribution in [1.82, 2.24) is 4.31 Å². The summed E-state index contributed by atoms with van der Waals surface area (Å²) in [7, 11) is 0. The van der Waals surface area contributed by atoms with Crippen LogP contribution in [0.5, 0.6) is 0 Å². The van der Waals surface area contributed by atoms with Crippen molar-refractivity contribution >= 4 is 12.1 Å². The van der Waals surface area contributed by atoms with Crippen LogP contribution in [0.25, 0.3) is 10.4 Å². The Balaban J connectivity index is 2.18. The van der Waals surface area contributed by atoms with Gasteiger partial charge in [0, 0.05) is 30.1 Å². The van der Waals surface area contributed by atoms with Gasteiger partial charge in [0.1, 0.15) is 0 Å². The summed E-state index contributed by atoms with van der Waals surface area (Å²) in [5.41, 5.74) is 7.94. The molecule has 0 amide bonds. The first-order valence-electron chi connectivity index (χ1n) is 2.90. The van der Waals surface area contributed by atoms with Crippen molar-refractivity contribution in [2.75, 3.05) is 13.1 Å². The van der Waals surface area contributed by atoms with Crippen LogP contribution < -0.4 is 0 Å². The van der Waals surface area contributed by atoms with Crippen molar-refractivity contribution in [1.29, 1.82) is 0 Å². The molecule has 0 N–H and O–H groups in total. The standard InChI is InChI=1S/C4H8N4S/c5-6-7-9-8-3-1-2-4-8/h1-4H2. The lowest BCUT2D eigenvalue weighted by Gasteiger charge is -2.06. The lowest BCUT2D eigenvalue weighted by molar-refractivity contribution is 0.587. The molecule has 1 aliphatic rings. The Labute approximate surface area is 58.1 Å². The average Bonchev–Trinajstić information content (AvgIpc) is 2.34. The smallest absolute Gasteiger partial charge is 0.0187 e. The van der Waals surface area contributed by atoms with Crippen LogP contribution in [0, 0.1) is 0 Å². The molecular weight excluding hydrogens is 136 g/mol. The van der Waals surface area contributed by atoms with Crippen LogP contribution in [-0.2, 0) is 0 Å². The summed E-state index contributed by atoms with van der Waals surface area (Å²) in [4.78, 5) is 2.65. The van der Waals surface area contributed by atoms with Crippen LogP contribution in [0.3, 0.4) is 0 Å². The van der Waals surface area contributed by atoms with Gasteiger partial charge >= 0.3 is 0 Å². The van der Waals surface area contributed by atoms with E-state index < -0.39 is 0 Å². The molecule has 0 bridgehead atoms. The van der Waals surface area contributed by atoms with E-state index in [1.165, 1.54) is 25.0 Å². The minimum absolute atomic E-state index is 1.06. The molecular formula is C4H8N4S. The van der Waals surface area contributed by atoms with Gasteiger partial charge in [-0.2, -0.15) is 0 Å². The van der Waals surface area contributed by atoms with Crippen LogP contribution >= 0.6 is 12.1 Å². The second-order valence-corrected chi connectivity index (χ2v) is 2.73. The summed E-state index contributed by atoms with van der Waals surface area (Å²) in [6.45, 7) is 2.12. The van der Waals surface area contributed by atoms with Gasteiger partial charge in [0.2, 0.25) is 0 Å². The monoisotopic (exact) mass is 144 g/mol. The summed E-state index contributed by atoms with van der Waals surface area (Å²) >= 11 is 1.23. The molecule has 0 unspecified atom stereocenters. The summed E-state index contributed by atoms with van der Waals surface area (Å²) < 4.78 is 5.45. The van der Waals surface area contributed by atoms with Gasteiger partial charge in [-0.3, -0.25) is 0 Å². The third-order valence-corrected chi connectivity index (χ3v) is 2.00. The van der Waals surface area contributed by atoms with Crippen LogP contribution in [-0.4, -0.2) is 17.4 Å². The Morgan fingerprint density at radius 1 is 1.44 bits per heavy atom. The molecule has 0 aromatic carbocycles. The van der Waals surface area contributed by atoms with Crippen LogP contribution in [0.1, 0.15) is 12.8 Å². The van der Waals surface area contributed by atoms with Gasteiger partial charge in [0.25, 0.3) is 0 Å². The van der Waals surface area contributed by atoms with Gasteiger partial charge in [0.05, 0.1) is 0 Å². The second kappa shape index (κ2) is 3.61. The number of hydrogen-bond donors (Lipinski definition) is 0. The van der Waals surface area contributed by atoms with E-state index in [1.54, 1.807) is 0 Å². The Bertz CT molecular complexity index is 125. The van der Waals surface area contributed by atoms with E-state index in [4.69, 9.17) is 5.53 Å². The fourth-order valence-electron chi connectivity index (χ4n) is 0.838. The molecule has 9 heavy (non-hydrogen) atoms. The van der Waals surface area contributed by atoms with Gasteiger partial charge in [-0.15, -0.1) is 0 Å². The van der Waals surface area contributed by atoms with Gasteiger partial charge in [0.15, 0.2) is 0 Å². The Morgan fingerprint density at radius 2 is 2.11 bits per heavy atom. The lowest BCUT2D eigenvalue weighted by atomic mass is 10.4. The third kappa shape index (κ3) is 2.13. The minimum Gasteiger partial charge on any atom is -0.244 e. The lowest BCUT2D eigenvalue weighted by Crippen LogP contribution is -2.06. The fourth-order valence-corrected chi connectivity index (χ4v) is 1.40. The molecule has 1 rings (SSSR count). The first-order valence-corrected chi connectivity index (χ1v) is 3.63. The zero-order chi connectivity index (χ0) is 6.53. The first kappa shape index (κ1) is 6.74. The van der Waals surface area contributed by atoms with Crippen LogP contribution in [0.4, 0.5) is 0 Å². The summed E-state index contributed by atoms with van der Waals surface area (Å²) in [5.74, 6) is 0. The number of nitrogens with zero attached hydrogens (tertiary/aromatic N) is 4. The van der Waals surface area contributed by atoms with E-state index in [-0.39, 0.29) is 0 Å². The summed E-state index contributed by atoms with van der Waals surface area (Å²) in [6, 6.07) is 0. The van der Waals surface area contributed by atoms with Gasteiger partial charge in [-0.25, -0.2) is 4.31 Å². The molecule has 1 aliphatic heterocycles. The topological polar surface area (TPSA) is 52.0 Å². The Kier molecular flexibility index (Phi) is 2.70. The van der Waals surface area contributed by atoms with Crippen molar-refractivity contribution in [2.45, 2.75) is 12.8 Å². The van der Waals surface area contributed by atoms with Crippen LogP contribution in [0.15, 0.2) is 4.52 Å². The first-order chi connectivity index (χ1) is 4.43. The maximum absolute atomic E-state index is 7.94. The maximum atomic E-state index is 7.94. The van der Waals surface area contributed by atoms with E-state index in [2.05, 4.69) is 13.7 Å². The van der Waals surface area contributed by atoms with E-state index in [1.807, 2.05) is 0 Å². The van der Waals surface area contributed by atoms with E-state index in [9.17, 15) is 0 Å². The second-order valence-electron chi connectivity index (χ2n) is 1.89. The van der Waals surface area contributed by atoms with E-state index in [0.717, 1.165) is 13.1 Å². The SMILES string of the molecule is [N-]=[N+]=NSN1CCCC1. The molecule has 4 nitrogen and oxygen atoms in total. The molecule has 0 atom stereocenters. The number of hydrogen-bond acceptors (Lipinski definition) is 3. The van der Waals surface area contributed by atoms with Crippen molar-refractivity contribution in [3.8, 4) is 0 Å². The molecule has 0 aromatic rings. The molecule has 1 fully saturated rings. The molecule has 50 valence electrons. The zero-order valence-electron chi connectivity index (χ0n) is 5.03. The maximum Gasteiger partial charge on any atom is 0.0187 e. The predicted molar refractivity (Wildman–Crippen MR) is 37.5 cm³/mol. The molecule has 0 saturated carbocycles.